The monoisotopic (exact) mass is 180 g/mol. The fourth-order valence-corrected chi connectivity index (χ4v) is 0.849. The third-order valence-corrected chi connectivity index (χ3v) is 1.38. The molecule has 1 N–H and O–H groups in total. The molecule has 0 amide bonds. The number of hydrogen-bond donors (Lipinski definition) is 1. The molecule has 0 unspecified atom stereocenters. The SMILES string of the molecule is N#Cc1cc(F)cnc1CC(=O)O. The molecule has 1 heterocycles. The molecule has 4 nitrogen and oxygen atoms in total. The van der Waals surface area contributed by atoms with E-state index in [9.17, 15) is 9.18 Å². The van der Waals surface area contributed by atoms with Gasteiger partial charge in [0.05, 0.1) is 23.9 Å². The van der Waals surface area contributed by atoms with Gasteiger partial charge in [-0.1, -0.05) is 0 Å². The fraction of sp³-hybridized carbons (Fsp3) is 0.125. The zero-order chi connectivity index (χ0) is 9.84. The number of carbonyl (C=O) groups is 1. The minimum atomic E-state index is -1.10. The summed E-state index contributed by atoms with van der Waals surface area (Å²) in [5.74, 6) is -1.75. The Balaban J connectivity index is 3.08. The Bertz CT molecular complexity index is 384. The number of nitrogens with zero attached hydrogens (tertiary/aromatic N) is 2. The number of aromatic nitrogens is 1. The maximum absolute atomic E-state index is 12.5. The molecule has 0 aliphatic rings. The fourth-order valence-electron chi connectivity index (χ4n) is 0.849. The summed E-state index contributed by atoms with van der Waals surface area (Å²) in [6, 6.07) is 2.64. The normalized spacial score (nSPS) is 9.23. The topological polar surface area (TPSA) is 74.0 Å². The van der Waals surface area contributed by atoms with E-state index in [1.54, 1.807) is 6.07 Å². The molecular formula is C8H5FN2O2. The Kier molecular flexibility index (Phi) is 2.55. The second-order valence-electron chi connectivity index (χ2n) is 2.33. The maximum atomic E-state index is 12.5. The maximum Gasteiger partial charge on any atom is 0.309 e. The quantitative estimate of drug-likeness (QED) is 0.727. The Morgan fingerprint density at radius 2 is 2.46 bits per heavy atom. The van der Waals surface area contributed by atoms with Crippen molar-refractivity contribution in [2.24, 2.45) is 0 Å². The third-order valence-electron chi connectivity index (χ3n) is 1.38. The lowest BCUT2D eigenvalue weighted by molar-refractivity contribution is -0.136. The van der Waals surface area contributed by atoms with Gasteiger partial charge in [-0.15, -0.1) is 0 Å². The van der Waals surface area contributed by atoms with Crippen molar-refractivity contribution in [3.63, 3.8) is 0 Å². The molecule has 0 radical (unpaired) electrons. The molecule has 0 bridgehead atoms. The first-order chi connectivity index (χ1) is 6.13. The van der Waals surface area contributed by atoms with Gasteiger partial charge in [0.25, 0.3) is 0 Å². The number of carboxylic acid groups (broad SMARTS) is 1. The van der Waals surface area contributed by atoms with Gasteiger partial charge in [-0.05, 0) is 6.07 Å². The molecule has 13 heavy (non-hydrogen) atoms. The van der Waals surface area contributed by atoms with E-state index in [-0.39, 0.29) is 17.7 Å². The summed E-state index contributed by atoms with van der Waals surface area (Å²) < 4.78 is 12.5. The van der Waals surface area contributed by atoms with Crippen molar-refractivity contribution in [3.05, 3.63) is 29.3 Å². The lowest BCUT2D eigenvalue weighted by Gasteiger charge is -1.98. The zero-order valence-electron chi connectivity index (χ0n) is 6.49. The van der Waals surface area contributed by atoms with Crippen LogP contribution in [0.5, 0.6) is 0 Å². The van der Waals surface area contributed by atoms with Crippen LogP contribution in [0.15, 0.2) is 12.3 Å². The molecular weight excluding hydrogens is 175 g/mol. The van der Waals surface area contributed by atoms with Crippen molar-refractivity contribution in [1.82, 2.24) is 4.98 Å². The van der Waals surface area contributed by atoms with Crippen LogP contribution in [-0.2, 0) is 11.2 Å². The Morgan fingerprint density at radius 3 is 3.00 bits per heavy atom. The molecule has 0 aliphatic heterocycles. The van der Waals surface area contributed by atoms with Crippen molar-refractivity contribution in [3.8, 4) is 6.07 Å². The largest absolute Gasteiger partial charge is 0.481 e. The van der Waals surface area contributed by atoms with E-state index >= 15 is 0 Å². The molecule has 0 aromatic carbocycles. The summed E-state index contributed by atoms with van der Waals surface area (Å²) in [6.07, 6.45) is 0.516. The number of carboxylic acids is 1. The molecule has 0 saturated heterocycles. The number of rotatable bonds is 2. The van der Waals surface area contributed by atoms with E-state index in [4.69, 9.17) is 10.4 Å². The van der Waals surface area contributed by atoms with Crippen LogP contribution in [0.25, 0.3) is 0 Å². The van der Waals surface area contributed by atoms with Crippen molar-refractivity contribution < 1.29 is 14.3 Å². The van der Waals surface area contributed by atoms with Crippen molar-refractivity contribution in [2.75, 3.05) is 0 Å². The van der Waals surface area contributed by atoms with Gasteiger partial charge in [-0.2, -0.15) is 5.26 Å². The van der Waals surface area contributed by atoms with Crippen LogP contribution >= 0.6 is 0 Å². The molecule has 0 fully saturated rings. The first kappa shape index (κ1) is 9.13. The van der Waals surface area contributed by atoms with Gasteiger partial charge >= 0.3 is 5.97 Å². The summed E-state index contributed by atoms with van der Waals surface area (Å²) in [5.41, 5.74) is 0.0406. The van der Waals surface area contributed by atoms with Gasteiger partial charge in [-0.25, -0.2) is 4.39 Å². The minimum absolute atomic E-state index is 0.0394. The second-order valence-corrected chi connectivity index (χ2v) is 2.33. The van der Waals surface area contributed by atoms with E-state index < -0.39 is 11.8 Å². The summed E-state index contributed by atoms with van der Waals surface area (Å²) >= 11 is 0. The smallest absolute Gasteiger partial charge is 0.309 e. The second kappa shape index (κ2) is 3.63. The van der Waals surface area contributed by atoms with Crippen LogP contribution in [-0.4, -0.2) is 16.1 Å². The third kappa shape index (κ3) is 2.24. The zero-order valence-corrected chi connectivity index (χ0v) is 6.49. The van der Waals surface area contributed by atoms with Crippen LogP contribution in [0.1, 0.15) is 11.3 Å². The summed E-state index contributed by atoms with van der Waals surface area (Å²) in [7, 11) is 0. The highest BCUT2D eigenvalue weighted by Crippen LogP contribution is 2.07. The van der Waals surface area contributed by atoms with Gasteiger partial charge in [0, 0.05) is 0 Å². The van der Waals surface area contributed by atoms with Crippen molar-refractivity contribution in [2.45, 2.75) is 6.42 Å². The van der Waals surface area contributed by atoms with Gasteiger partial charge in [0.15, 0.2) is 0 Å². The highest BCUT2D eigenvalue weighted by molar-refractivity contribution is 5.70. The van der Waals surface area contributed by atoms with Crippen molar-refractivity contribution in [1.29, 1.82) is 5.26 Å². The van der Waals surface area contributed by atoms with Gasteiger partial charge < -0.3 is 5.11 Å². The molecule has 0 spiro atoms. The molecule has 1 aromatic heterocycles. The predicted molar refractivity (Wildman–Crippen MR) is 40.2 cm³/mol. The Hall–Kier alpha value is -1.96. The number of halogens is 1. The van der Waals surface area contributed by atoms with E-state index in [0.29, 0.717) is 0 Å². The van der Waals surface area contributed by atoms with Gasteiger partial charge in [-0.3, -0.25) is 9.78 Å². The Morgan fingerprint density at radius 1 is 1.77 bits per heavy atom. The lowest BCUT2D eigenvalue weighted by atomic mass is 10.1. The molecule has 0 saturated carbocycles. The number of nitriles is 1. The van der Waals surface area contributed by atoms with E-state index in [0.717, 1.165) is 12.3 Å². The van der Waals surface area contributed by atoms with Crippen LogP contribution in [0.2, 0.25) is 0 Å². The van der Waals surface area contributed by atoms with Crippen LogP contribution in [0, 0.1) is 17.1 Å². The molecule has 5 heteroatoms. The highest BCUT2D eigenvalue weighted by Gasteiger charge is 2.08. The van der Waals surface area contributed by atoms with Gasteiger partial charge in [0.2, 0.25) is 0 Å². The summed E-state index contributed by atoms with van der Waals surface area (Å²) in [4.78, 5) is 13.8. The minimum Gasteiger partial charge on any atom is -0.481 e. The lowest BCUT2D eigenvalue weighted by Crippen LogP contribution is -2.05. The van der Waals surface area contributed by atoms with Crippen LogP contribution in [0.3, 0.4) is 0 Å². The van der Waals surface area contributed by atoms with Crippen LogP contribution in [0.4, 0.5) is 4.39 Å². The molecule has 1 rings (SSSR count). The van der Waals surface area contributed by atoms with Crippen LogP contribution < -0.4 is 0 Å². The molecule has 0 aliphatic carbocycles. The summed E-state index contributed by atoms with van der Waals surface area (Å²) in [5, 5.41) is 16.9. The van der Waals surface area contributed by atoms with E-state index in [1.165, 1.54) is 0 Å². The summed E-state index contributed by atoms with van der Waals surface area (Å²) in [6.45, 7) is 0. The number of pyridine rings is 1. The number of aliphatic carboxylic acids is 1. The van der Waals surface area contributed by atoms with E-state index in [2.05, 4.69) is 4.98 Å². The Labute approximate surface area is 73.3 Å². The highest BCUT2D eigenvalue weighted by atomic mass is 19.1. The predicted octanol–water partition coefficient (Wildman–Crippen LogP) is 0.719. The first-order valence-electron chi connectivity index (χ1n) is 3.40. The van der Waals surface area contributed by atoms with Crippen molar-refractivity contribution >= 4 is 5.97 Å². The standard InChI is InChI=1S/C8H5FN2O2/c9-6-1-5(3-10)7(11-4-6)2-8(12)13/h1,4H,2H2,(H,12,13). The van der Waals surface area contributed by atoms with Gasteiger partial charge in [0.1, 0.15) is 11.9 Å². The average Bonchev–Trinajstić information content (AvgIpc) is 2.07. The molecule has 0 atom stereocenters. The average molecular weight is 180 g/mol. The number of hydrogen-bond acceptors (Lipinski definition) is 3. The van der Waals surface area contributed by atoms with E-state index in [1.807, 2.05) is 0 Å². The molecule has 1 aromatic rings. The molecule has 66 valence electrons. The first-order valence-corrected chi connectivity index (χ1v) is 3.40.